The summed E-state index contributed by atoms with van der Waals surface area (Å²) in [5, 5.41) is 0. The van der Waals surface area contributed by atoms with Crippen LogP contribution in [-0.4, -0.2) is 18.5 Å². The molecule has 0 aliphatic rings. The molecule has 2 N–H and O–H groups in total. The molecule has 18 heavy (non-hydrogen) atoms. The van der Waals surface area contributed by atoms with Crippen molar-refractivity contribution in [3.05, 3.63) is 43.9 Å². The van der Waals surface area contributed by atoms with Crippen LogP contribution in [0.1, 0.15) is 16.7 Å². The van der Waals surface area contributed by atoms with Gasteiger partial charge in [0.1, 0.15) is 5.76 Å². The topological polar surface area (TPSA) is 42.4 Å². The summed E-state index contributed by atoms with van der Waals surface area (Å²) in [6.07, 6.45) is 1.66. The third-order valence-corrected chi connectivity index (χ3v) is 4.61. The van der Waals surface area contributed by atoms with E-state index in [1.165, 1.54) is 4.88 Å². The van der Waals surface area contributed by atoms with Crippen LogP contribution in [0.25, 0.3) is 0 Å². The van der Waals surface area contributed by atoms with Gasteiger partial charge in [0.05, 0.1) is 21.1 Å². The summed E-state index contributed by atoms with van der Waals surface area (Å²) in [6, 6.07) is 5.88. The van der Waals surface area contributed by atoms with E-state index in [9.17, 15) is 0 Å². The van der Waals surface area contributed by atoms with Gasteiger partial charge in [-0.3, -0.25) is 4.90 Å². The Morgan fingerprint density at radius 2 is 2.28 bits per heavy atom. The van der Waals surface area contributed by atoms with Crippen molar-refractivity contribution in [2.45, 2.75) is 12.6 Å². The number of thiophene rings is 1. The molecule has 0 radical (unpaired) electrons. The lowest BCUT2D eigenvalue weighted by Gasteiger charge is -2.25. The number of nitrogens with zero attached hydrogens (tertiary/aromatic N) is 1. The number of furan rings is 1. The average Bonchev–Trinajstić information content (AvgIpc) is 2.90. The van der Waals surface area contributed by atoms with Crippen molar-refractivity contribution in [3.63, 3.8) is 0 Å². The zero-order valence-corrected chi connectivity index (χ0v) is 13.1. The second kappa shape index (κ2) is 6.21. The van der Waals surface area contributed by atoms with Crippen molar-refractivity contribution in [2.75, 3.05) is 13.6 Å². The molecule has 98 valence electrons. The van der Waals surface area contributed by atoms with E-state index in [4.69, 9.17) is 21.8 Å². The molecular weight excluding hydrogens is 336 g/mol. The number of hydrogen-bond donors (Lipinski definition) is 1. The Kier molecular flexibility index (Phi) is 4.86. The van der Waals surface area contributed by atoms with Gasteiger partial charge in [0.2, 0.25) is 0 Å². The van der Waals surface area contributed by atoms with Crippen LogP contribution in [0, 0.1) is 0 Å². The SMILES string of the molecule is CN(Cc1ccc(Cl)s1)C(CN)c1occc1Br. The number of likely N-dealkylation sites (N-methyl/N-ethyl adjacent to an activating group) is 1. The molecule has 2 rings (SSSR count). The number of hydrogen-bond acceptors (Lipinski definition) is 4. The molecule has 3 nitrogen and oxygen atoms in total. The number of halogens is 2. The number of nitrogens with two attached hydrogens (primary N) is 1. The molecule has 1 unspecified atom stereocenters. The van der Waals surface area contributed by atoms with Crippen molar-refractivity contribution in [2.24, 2.45) is 5.73 Å². The largest absolute Gasteiger partial charge is 0.466 e. The minimum absolute atomic E-state index is 0.0512. The molecule has 0 aromatic carbocycles. The van der Waals surface area contributed by atoms with Crippen molar-refractivity contribution in [1.82, 2.24) is 4.90 Å². The summed E-state index contributed by atoms with van der Waals surface area (Å²) >= 11 is 11.0. The molecule has 0 amide bonds. The van der Waals surface area contributed by atoms with Gasteiger partial charge in [0, 0.05) is 18.0 Å². The minimum Gasteiger partial charge on any atom is -0.466 e. The Bertz CT molecular complexity index is 514. The standard InChI is InChI=1S/C12H14BrClN2OS/c1-16(7-8-2-3-11(14)18-8)10(6-15)12-9(13)4-5-17-12/h2-5,10H,6-7,15H2,1H3. The molecule has 1 atom stereocenters. The zero-order valence-electron chi connectivity index (χ0n) is 9.90. The van der Waals surface area contributed by atoms with Crippen LogP contribution in [0.15, 0.2) is 33.4 Å². The summed E-state index contributed by atoms with van der Waals surface area (Å²) in [4.78, 5) is 3.37. The molecule has 0 aliphatic carbocycles. The van der Waals surface area contributed by atoms with Crippen LogP contribution in [0.4, 0.5) is 0 Å². The maximum Gasteiger partial charge on any atom is 0.136 e. The smallest absolute Gasteiger partial charge is 0.136 e. The molecule has 0 spiro atoms. The van der Waals surface area contributed by atoms with Gasteiger partial charge in [0.15, 0.2) is 0 Å². The van der Waals surface area contributed by atoms with E-state index in [-0.39, 0.29) is 6.04 Å². The Labute approximate surface area is 124 Å². The van der Waals surface area contributed by atoms with Crippen LogP contribution in [-0.2, 0) is 6.54 Å². The van der Waals surface area contributed by atoms with Gasteiger partial charge in [-0.15, -0.1) is 11.3 Å². The molecule has 2 heterocycles. The maximum absolute atomic E-state index is 5.93. The highest BCUT2D eigenvalue weighted by Gasteiger charge is 2.21. The van der Waals surface area contributed by atoms with Gasteiger partial charge in [-0.2, -0.15) is 0 Å². The second-order valence-corrected chi connectivity index (χ2v) is 6.66. The summed E-state index contributed by atoms with van der Waals surface area (Å²) in [7, 11) is 2.03. The Morgan fingerprint density at radius 3 is 2.78 bits per heavy atom. The maximum atomic E-state index is 5.93. The number of rotatable bonds is 5. The van der Waals surface area contributed by atoms with Gasteiger partial charge in [-0.05, 0) is 41.2 Å². The summed E-state index contributed by atoms with van der Waals surface area (Å²) < 4.78 is 7.25. The predicted molar refractivity (Wildman–Crippen MR) is 79.0 cm³/mol. The monoisotopic (exact) mass is 348 g/mol. The highest BCUT2D eigenvalue weighted by Crippen LogP contribution is 2.30. The molecule has 0 fully saturated rings. The van der Waals surface area contributed by atoms with Crippen LogP contribution in [0.2, 0.25) is 4.34 Å². The Hall–Kier alpha value is -0.330. The van der Waals surface area contributed by atoms with Crippen LogP contribution < -0.4 is 5.73 Å². The van der Waals surface area contributed by atoms with E-state index >= 15 is 0 Å². The van der Waals surface area contributed by atoms with E-state index < -0.39 is 0 Å². The van der Waals surface area contributed by atoms with E-state index in [0.717, 1.165) is 21.1 Å². The molecule has 2 aromatic heterocycles. The normalized spacial score (nSPS) is 13.2. The summed E-state index contributed by atoms with van der Waals surface area (Å²) in [5.41, 5.74) is 5.85. The predicted octanol–water partition coefficient (Wildman–Crippen LogP) is 3.89. The van der Waals surface area contributed by atoms with E-state index in [1.54, 1.807) is 17.6 Å². The van der Waals surface area contributed by atoms with Gasteiger partial charge >= 0.3 is 0 Å². The highest BCUT2D eigenvalue weighted by atomic mass is 79.9. The first kappa shape index (κ1) is 14.1. The fourth-order valence-electron chi connectivity index (χ4n) is 1.82. The van der Waals surface area contributed by atoms with Crippen molar-refractivity contribution < 1.29 is 4.42 Å². The molecule has 0 saturated heterocycles. The molecule has 0 bridgehead atoms. The van der Waals surface area contributed by atoms with Crippen LogP contribution in [0.3, 0.4) is 0 Å². The first-order chi connectivity index (χ1) is 8.61. The van der Waals surface area contributed by atoms with Crippen molar-refractivity contribution in [3.8, 4) is 0 Å². The van der Waals surface area contributed by atoms with E-state index in [2.05, 4.69) is 20.8 Å². The quantitative estimate of drug-likeness (QED) is 0.890. The van der Waals surface area contributed by atoms with Gasteiger partial charge in [0.25, 0.3) is 0 Å². The fraction of sp³-hybridized carbons (Fsp3) is 0.333. The Morgan fingerprint density at radius 1 is 1.50 bits per heavy atom. The fourth-order valence-corrected chi connectivity index (χ4v) is 3.44. The lowest BCUT2D eigenvalue weighted by Crippen LogP contribution is -2.29. The zero-order chi connectivity index (χ0) is 13.1. The second-order valence-electron chi connectivity index (χ2n) is 4.01. The van der Waals surface area contributed by atoms with Gasteiger partial charge in [-0.1, -0.05) is 11.6 Å². The van der Waals surface area contributed by atoms with Crippen LogP contribution in [0.5, 0.6) is 0 Å². The third-order valence-electron chi connectivity index (χ3n) is 2.74. The first-order valence-electron chi connectivity index (χ1n) is 5.49. The van der Waals surface area contributed by atoms with E-state index in [0.29, 0.717) is 6.54 Å². The third kappa shape index (κ3) is 3.16. The molecule has 2 aromatic rings. The lowest BCUT2D eigenvalue weighted by atomic mass is 10.2. The van der Waals surface area contributed by atoms with Crippen molar-refractivity contribution in [1.29, 1.82) is 0 Å². The molecule has 0 aliphatic heterocycles. The molecular formula is C12H14BrClN2OS. The average molecular weight is 350 g/mol. The van der Waals surface area contributed by atoms with Gasteiger partial charge in [-0.25, -0.2) is 0 Å². The van der Waals surface area contributed by atoms with Gasteiger partial charge < -0.3 is 10.2 Å². The highest BCUT2D eigenvalue weighted by molar-refractivity contribution is 9.10. The summed E-state index contributed by atoms with van der Waals surface area (Å²) in [6.45, 7) is 1.30. The first-order valence-corrected chi connectivity index (χ1v) is 7.48. The lowest BCUT2D eigenvalue weighted by molar-refractivity contribution is 0.213. The van der Waals surface area contributed by atoms with Crippen LogP contribution >= 0.6 is 38.9 Å². The summed E-state index contributed by atoms with van der Waals surface area (Å²) in [5.74, 6) is 0.864. The Balaban J connectivity index is 2.11. The molecule has 0 saturated carbocycles. The molecule has 6 heteroatoms. The van der Waals surface area contributed by atoms with E-state index in [1.807, 2.05) is 25.2 Å². The van der Waals surface area contributed by atoms with Crippen molar-refractivity contribution >= 4 is 38.9 Å². The minimum atomic E-state index is 0.0512.